The van der Waals surface area contributed by atoms with Crippen molar-refractivity contribution in [1.29, 1.82) is 0 Å². The van der Waals surface area contributed by atoms with Gasteiger partial charge in [0.05, 0.1) is 30.7 Å². The molecule has 0 spiro atoms. The van der Waals surface area contributed by atoms with Crippen LogP contribution in [0.25, 0.3) is 0 Å². The lowest BCUT2D eigenvalue weighted by Gasteiger charge is -2.18. The zero-order valence-electron chi connectivity index (χ0n) is 16.8. The number of hydrogen-bond donors (Lipinski definition) is 1. The molecule has 9 heteroatoms. The Bertz CT molecular complexity index is 987. The molecule has 0 heterocycles. The number of ether oxygens (including phenoxy) is 2. The number of amides is 1. The summed E-state index contributed by atoms with van der Waals surface area (Å²) in [5.74, 6) is -0.383. The van der Waals surface area contributed by atoms with Crippen LogP contribution in [0.15, 0.2) is 47.4 Å². The van der Waals surface area contributed by atoms with Gasteiger partial charge in [-0.1, -0.05) is 0 Å². The maximum atomic E-state index is 12.7. The first-order valence-electron chi connectivity index (χ1n) is 8.87. The Morgan fingerprint density at radius 1 is 1.10 bits per heavy atom. The van der Waals surface area contributed by atoms with E-state index in [1.807, 2.05) is 6.92 Å². The summed E-state index contributed by atoms with van der Waals surface area (Å²) in [7, 11) is -1.23. The van der Waals surface area contributed by atoms with E-state index in [1.165, 1.54) is 50.6 Å². The number of nitrogens with one attached hydrogen (secondary N) is 1. The molecule has 0 saturated heterocycles. The van der Waals surface area contributed by atoms with Crippen molar-refractivity contribution in [2.75, 3.05) is 32.6 Å². The number of nitrogens with zero attached hydrogens (tertiary/aromatic N) is 1. The molecule has 0 unspecified atom stereocenters. The standard InChI is InChI=1S/C20H24N2O6S/c1-5-28-18-11-10-17(12-14(18)2)29(25,26)22(3)13-19(23)21-16-8-6-15(7-9-16)20(24)27-4/h6-12H,5,13H2,1-4H3,(H,21,23). The predicted molar refractivity (Wildman–Crippen MR) is 109 cm³/mol. The van der Waals surface area contributed by atoms with Crippen molar-refractivity contribution in [1.82, 2.24) is 4.31 Å². The number of aryl methyl sites for hydroxylation is 1. The zero-order valence-corrected chi connectivity index (χ0v) is 17.6. The molecular weight excluding hydrogens is 396 g/mol. The van der Waals surface area contributed by atoms with E-state index in [4.69, 9.17) is 4.74 Å². The number of sulfonamides is 1. The van der Waals surface area contributed by atoms with Gasteiger partial charge in [0.2, 0.25) is 15.9 Å². The van der Waals surface area contributed by atoms with Gasteiger partial charge < -0.3 is 14.8 Å². The number of rotatable bonds is 8. The van der Waals surface area contributed by atoms with Crippen LogP contribution in [0.5, 0.6) is 5.75 Å². The van der Waals surface area contributed by atoms with Gasteiger partial charge in [-0.15, -0.1) is 0 Å². The van der Waals surface area contributed by atoms with Crippen molar-refractivity contribution < 1.29 is 27.5 Å². The van der Waals surface area contributed by atoms with E-state index in [0.29, 0.717) is 29.2 Å². The normalized spacial score (nSPS) is 11.2. The van der Waals surface area contributed by atoms with Gasteiger partial charge in [-0.25, -0.2) is 13.2 Å². The Morgan fingerprint density at radius 3 is 2.31 bits per heavy atom. The first-order valence-corrected chi connectivity index (χ1v) is 10.3. The Hall–Kier alpha value is -2.91. The number of carbonyl (C=O) groups is 2. The van der Waals surface area contributed by atoms with Crippen molar-refractivity contribution in [2.45, 2.75) is 18.7 Å². The summed E-state index contributed by atoms with van der Waals surface area (Å²) >= 11 is 0. The van der Waals surface area contributed by atoms with Gasteiger partial charge in [-0.2, -0.15) is 4.31 Å². The highest BCUT2D eigenvalue weighted by atomic mass is 32.2. The van der Waals surface area contributed by atoms with Crippen LogP contribution in [0.3, 0.4) is 0 Å². The maximum absolute atomic E-state index is 12.7. The fourth-order valence-electron chi connectivity index (χ4n) is 2.57. The van der Waals surface area contributed by atoms with Gasteiger partial charge in [0, 0.05) is 12.7 Å². The van der Waals surface area contributed by atoms with Gasteiger partial charge in [0.25, 0.3) is 0 Å². The predicted octanol–water partition coefficient (Wildman–Crippen LogP) is 2.44. The highest BCUT2D eigenvalue weighted by Gasteiger charge is 2.23. The summed E-state index contributed by atoms with van der Waals surface area (Å²) in [4.78, 5) is 23.8. The van der Waals surface area contributed by atoms with Gasteiger partial charge in [0.1, 0.15) is 5.75 Å². The van der Waals surface area contributed by atoms with Crippen molar-refractivity contribution in [3.8, 4) is 5.75 Å². The van der Waals surface area contributed by atoms with Crippen LogP contribution in [0.2, 0.25) is 0 Å². The zero-order chi connectivity index (χ0) is 21.6. The summed E-state index contributed by atoms with van der Waals surface area (Å²) in [6, 6.07) is 10.6. The maximum Gasteiger partial charge on any atom is 0.337 e. The van der Waals surface area contributed by atoms with Crippen molar-refractivity contribution in [3.05, 3.63) is 53.6 Å². The van der Waals surface area contributed by atoms with E-state index >= 15 is 0 Å². The third kappa shape index (κ3) is 5.55. The molecule has 1 N–H and O–H groups in total. The number of carbonyl (C=O) groups excluding carboxylic acids is 2. The number of methoxy groups -OCH3 is 1. The number of esters is 1. The number of anilines is 1. The minimum absolute atomic E-state index is 0.0798. The average molecular weight is 420 g/mol. The molecule has 0 saturated carbocycles. The topological polar surface area (TPSA) is 102 Å². The van der Waals surface area contributed by atoms with E-state index in [1.54, 1.807) is 13.0 Å². The van der Waals surface area contributed by atoms with Gasteiger partial charge >= 0.3 is 5.97 Å². The monoisotopic (exact) mass is 420 g/mol. The molecule has 0 radical (unpaired) electrons. The first kappa shape index (κ1) is 22.4. The van der Waals surface area contributed by atoms with Gasteiger partial charge in [-0.05, 0) is 61.9 Å². The molecule has 156 valence electrons. The van der Waals surface area contributed by atoms with Crippen molar-refractivity contribution in [3.63, 3.8) is 0 Å². The highest BCUT2D eigenvalue weighted by Crippen LogP contribution is 2.23. The molecule has 0 aliphatic carbocycles. The van der Waals surface area contributed by atoms with E-state index < -0.39 is 21.9 Å². The summed E-state index contributed by atoms with van der Waals surface area (Å²) in [5, 5.41) is 2.60. The molecule has 1 amide bonds. The minimum Gasteiger partial charge on any atom is -0.494 e. The Kier molecular flexibility index (Phi) is 7.35. The molecular formula is C20H24N2O6S. The Morgan fingerprint density at radius 2 is 1.76 bits per heavy atom. The van der Waals surface area contributed by atoms with Crippen LogP contribution in [0.4, 0.5) is 5.69 Å². The third-order valence-corrected chi connectivity index (χ3v) is 5.91. The fourth-order valence-corrected chi connectivity index (χ4v) is 3.79. The molecule has 0 atom stereocenters. The molecule has 0 bridgehead atoms. The number of likely N-dealkylation sites (N-methyl/N-ethyl adjacent to an activating group) is 1. The van der Waals surface area contributed by atoms with E-state index in [-0.39, 0.29) is 11.4 Å². The molecule has 8 nitrogen and oxygen atoms in total. The fraction of sp³-hybridized carbons (Fsp3) is 0.300. The lowest BCUT2D eigenvalue weighted by Crippen LogP contribution is -2.35. The Balaban J connectivity index is 2.06. The van der Waals surface area contributed by atoms with E-state index in [2.05, 4.69) is 10.1 Å². The lowest BCUT2D eigenvalue weighted by molar-refractivity contribution is -0.116. The van der Waals surface area contributed by atoms with Crippen LogP contribution in [0, 0.1) is 6.92 Å². The minimum atomic E-state index is -3.85. The van der Waals surface area contributed by atoms with Crippen LogP contribution in [-0.4, -0.2) is 51.9 Å². The van der Waals surface area contributed by atoms with Crippen LogP contribution < -0.4 is 10.1 Å². The molecule has 2 rings (SSSR count). The van der Waals surface area contributed by atoms with Crippen LogP contribution >= 0.6 is 0 Å². The molecule has 2 aromatic rings. The van der Waals surface area contributed by atoms with Crippen LogP contribution in [0.1, 0.15) is 22.8 Å². The molecule has 29 heavy (non-hydrogen) atoms. The highest BCUT2D eigenvalue weighted by molar-refractivity contribution is 7.89. The lowest BCUT2D eigenvalue weighted by atomic mass is 10.2. The van der Waals surface area contributed by atoms with E-state index in [9.17, 15) is 18.0 Å². The van der Waals surface area contributed by atoms with Crippen LogP contribution in [-0.2, 0) is 19.6 Å². The second-order valence-electron chi connectivity index (χ2n) is 6.24. The summed E-state index contributed by atoms with van der Waals surface area (Å²) < 4.78 is 36.5. The SMILES string of the molecule is CCOc1ccc(S(=O)(=O)N(C)CC(=O)Nc2ccc(C(=O)OC)cc2)cc1C. The van der Waals surface area contributed by atoms with Crippen molar-refractivity contribution in [2.24, 2.45) is 0 Å². The van der Waals surface area contributed by atoms with E-state index in [0.717, 1.165) is 4.31 Å². The number of benzene rings is 2. The van der Waals surface area contributed by atoms with Gasteiger partial charge in [-0.3, -0.25) is 4.79 Å². The summed E-state index contributed by atoms with van der Waals surface area (Å²) in [6.07, 6.45) is 0. The first-order chi connectivity index (χ1) is 13.7. The molecule has 0 aromatic heterocycles. The summed E-state index contributed by atoms with van der Waals surface area (Å²) in [5.41, 5.74) is 1.47. The molecule has 2 aromatic carbocycles. The number of hydrogen-bond acceptors (Lipinski definition) is 6. The molecule has 0 aliphatic heterocycles. The second kappa shape index (κ2) is 9.53. The smallest absolute Gasteiger partial charge is 0.337 e. The average Bonchev–Trinajstić information content (AvgIpc) is 2.69. The van der Waals surface area contributed by atoms with Crippen molar-refractivity contribution >= 4 is 27.6 Å². The largest absolute Gasteiger partial charge is 0.494 e. The third-order valence-electron chi connectivity index (χ3n) is 4.11. The van der Waals surface area contributed by atoms with Gasteiger partial charge in [0.15, 0.2) is 0 Å². The molecule has 0 fully saturated rings. The summed E-state index contributed by atoms with van der Waals surface area (Å²) in [6.45, 7) is 3.72. The second-order valence-corrected chi connectivity index (χ2v) is 8.28. The molecule has 0 aliphatic rings. The quantitative estimate of drug-likeness (QED) is 0.658. The Labute approximate surface area is 170 Å².